The van der Waals surface area contributed by atoms with Crippen molar-refractivity contribution in [2.45, 2.75) is 26.4 Å². The molecule has 1 atom stereocenters. The van der Waals surface area contributed by atoms with Gasteiger partial charge in [0.25, 0.3) is 0 Å². The Balaban J connectivity index is 2.19. The van der Waals surface area contributed by atoms with Crippen LogP contribution in [0.25, 0.3) is 0 Å². The second kappa shape index (κ2) is 10.8. The number of nitrogens with one attached hydrogen (secondary N) is 1. The molecule has 2 amide bonds. The molecule has 0 saturated heterocycles. The second-order valence-electron chi connectivity index (χ2n) is 6.76. The molecule has 0 bridgehead atoms. The normalized spacial score (nSPS) is 11.4. The lowest BCUT2D eigenvalue weighted by atomic mass is 10.2. The minimum Gasteiger partial charge on any atom is -0.480 e. The highest BCUT2D eigenvalue weighted by atomic mass is 16.4. The summed E-state index contributed by atoms with van der Waals surface area (Å²) in [6.07, 6.45) is 0. The van der Waals surface area contributed by atoms with Gasteiger partial charge in [-0.3, -0.25) is 9.59 Å². The van der Waals surface area contributed by atoms with Gasteiger partial charge in [-0.1, -0.05) is 48.5 Å². The molecule has 0 saturated carbocycles. The van der Waals surface area contributed by atoms with Gasteiger partial charge < -0.3 is 20.2 Å². The molecule has 7 heteroatoms. The number of carbonyl (C=O) groups excluding carboxylic acids is 2. The van der Waals surface area contributed by atoms with E-state index in [2.05, 4.69) is 5.32 Å². The highest BCUT2D eigenvalue weighted by Crippen LogP contribution is 2.17. The van der Waals surface area contributed by atoms with Gasteiger partial charge in [0.05, 0.1) is 6.54 Å². The highest BCUT2D eigenvalue weighted by molar-refractivity contribution is 5.86. The molecule has 0 aliphatic carbocycles. The summed E-state index contributed by atoms with van der Waals surface area (Å²) in [4.78, 5) is 38.9. The van der Waals surface area contributed by atoms with Crippen molar-refractivity contribution in [3.05, 3.63) is 66.2 Å². The number of rotatable bonds is 10. The minimum absolute atomic E-state index is 0.0244. The maximum atomic E-state index is 13.0. The van der Waals surface area contributed by atoms with Gasteiger partial charge in [0.15, 0.2) is 0 Å². The molecule has 0 aliphatic rings. The molecule has 0 fully saturated rings. The molecule has 0 heterocycles. The van der Waals surface area contributed by atoms with Crippen LogP contribution in [0.2, 0.25) is 0 Å². The zero-order valence-corrected chi connectivity index (χ0v) is 16.7. The van der Waals surface area contributed by atoms with E-state index in [1.807, 2.05) is 65.6 Å². The number of aliphatic carboxylic acids is 1. The molecular formula is C22H27N3O4. The Hall–Kier alpha value is -3.35. The van der Waals surface area contributed by atoms with Crippen molar-refractivity contribution >= 4 is 23.5 Å². The van der Waals surface area contributed by atoms with Crippen molar-refractivity contribution in [3.8, 4) is 0 Å². The van der Waals surface area contributed by atoms with Gasteiger partial charge in [0.1, 0.15) is 6.04 Å². The average Bonchev–Trinajstić information content (AvgIpc) is 2.71. The van der Waals surface area contributed by atoms with Crippen LogP contribution in [0.5, 0.6) is 0 Å². The van der Waals surface area contributed by atoms with Gasteiger partial charge >= 0.3 is 5.97 Å². The van der Waals surface area contributed by atoms with E-state index in [9.17, 15) is 19.5 Å². The van der Waals surface area contributed by atoms with Gasteiger partial charge in [-0.2, -0.15) is 0 Å². The fourth-order valence-corrected chi connectivity index (χ4v) is 2.96. The molecular weight excluding hydrogens is 370 g/mol. The second-order valence-corrected chi connectivity index (χ2v) is 6.76. The number of anilines is 1. The van der Waals surface area contributed by atoms with Crippen LogP contribution in [-0.2, 0) is 20.9 Å². The van der Waals surface area contributed by atoms with Crippen LogP contribution < -0.4 is 10.2 Å². The van der Waals surface area contributed by atoms with Gasteiger partial charge in [-0.05, 0) is 24.6 Å². The summed E-state index contributed by atoms with van der Waals surface area (Å²) in [7, 11) is 0. The number of hydrogen-bond acceptors (Lipinski definition) is 4. The molecule has 29 heavy (non-hydrogen) atoms. The predicted octanol–water partition coefficient (Wildman–Crippen LogP) is 2.13. The summed E-state index contributed by atoms with van der Waals surface area (Å²) in [5, 5.41) is 12.0. The number of carboxylic acids is 1. The predicted molar refractivity (Wildman–Crippen MR) is 111 cm³/mol. The molecule has 1 unspecified atom stereocenters. The van der Waals surface area contributed by atoms with E-state index in [1.54, 1.807) is 0 Å². The fraction of sp³-hybridized carbons (Fsp3) is 0.318. The number of nitrogens with zero attached hydrogens (tertiary/aromatic N) is 2. The summed E-state index contributed by atoms with van der Waals surface area (Å²) >= 11 is 0. The fourth-order valence-electron chi connectivity index (χ4n) is 2.96. The first-order valence-corrected chi connectivity index (χ1v) is 9.49. The first-order chi connectivity index (χ1) is 13.9. The highest BCUT2D eigenvalue weighted by Gasteiger charge is 2.26. The summed E-state index contributed by atoms with van der Waals surface area (Å²) < 4.78 is 0. The van der Waals surface area contributed by atoms with Crippen molar-refractivity contribution < 1.29 is 19.5 Å². The lowest BCUT2D eigenvalue weighted by Crippen LogP contribution is -2.50. The average molecular weight is 397 g/mol. The number of carbonyl (C=O) groups is 3. The standard InChI is InChI=1S/C22H27N3O4/c1-17(22(28)29)25(14-13-23-18(2)26)21(27)16-24(20-11-7-4-8-12-20)15-19-9-5-3-6-10-19/h3-12,17H,13-16H2,1-2H3,(H,23,26)(H,28,29). The van der Waals surface area contributed by atoms with E-state index < -0.39 is 12.0 Å². The maximum Gasteiger partial charge on any atom is 0.326 e. The lowest BCUT2D eigenvalue weighted by Gasteiger charge is -2.31. The van der Waals surface area contributed by atoms with Gasteiger partial charge in [0.2, 0.25) is 11.8 Å². The van der Waals surface area contributed by atoms with E-state index in [1.165, 1.54) is 18.7 Å². The van der Waals surface area contributed by atoms with Crippen molar-refractivity contribution in [3.63, 3.8) is 0 Å². The Labute approximate surface area is 170 Å². The van der Waals surface area contributed by atoms with Crippen LogP contribution in [0.4, 0.5) is 5.69 Å². The Morgan fingerprint density at radius 1 is 1.00 bits per heavy atom. The van der Waals surface area contributed by atoms with E-state index in [0.717, 1.165) is 11.3 Å². The third-order valence-electron chi connectivity index (χ3n) is 4.54. The van der Waals surface area contributed by atoms with E-state index >= 15 is 0 Å². The Bertz CT molecular complexity index is 811. The molecule has 0 aromatic heterocycles. The molecule has 2 aromatic rings. The number of benzene rings is 2. The zero-order chi connectivity index (χ0) is 21.2. The SMILES string of the molecule is CC(=O)NCCN(C(=O)CN(Cc1ccccc1)c1ccccc1)C(C)C(=O)O. The summed E-state index contributed by atoms with van der Waals surface area (Å²) in [5.74, 6) is -1.63. The van der Waals surface area contributed by atoms with Gasteiger partial charge in [0, 0.05) is 32.2 Å². The third-order valence-corrected chi connectivity index (χ3v) is 4.54. The van der Waals surface area contributed by atoms with Crippen LogP contribution in [0.15, 0.2) is 60.7 Å². The summed E-state index contributed by atoms with van der Waals surface area (Å²) in [6, 6.07) is 18.3. The zero-order valence-electron chi connectivity index (χ0n) is 16.7. The smallest absolute Gasteiger partial charge is 0.326 e. The molecule has 2 rings (SSSR count). The van der Waals surface area contributed by atoms with Crippen molar-refractivity contribution in [2.24, 2.45) is 0 Å². The van der Waals surface area contributed by atoms with Crippen molar-refractivity contribution in [2.75, 3.05) is 24.5 Å². The van der Waals surface area contributed by atoms with E-state index in [4.69, 9.17) is 0 Å². The molecule has 0 radical (unpaired) electrons. The number of hydrogen-bond donors (Lipinski definition) is 2. The molecule has 0 spiro atoms. The first kappa shape index (κ1) is 21.9. The van der Waals surface area contributed by atoms with Crippen LogP contribution >= 0.6 is 0 Å². The number of amides is 2. The van der Waals surface area contributed by atoms with Crippen molar-refractivity contribution in [1.82, 2.24) is 10.2 Å². The van der Waals surface area contributed by atoms with Crippen LogP contribution in [0, 0.1) is 0 Å². The number of para-hydroxylation sites is 1. The van der Waals surface area contributed by atoms with Gasteiger partial charge in [-0.25, -0.2) is 4.79 Å². The molecule has 7 nitrogen and oxygen atoms in total. The van der Waals surface area contributed by atoms with Crippen LogP contribution in [0.3, 0.4) is 0 Å². The van der Waals surface area contributed by atoms with Gasteiger partial charge in [-0.15, -0.1) is 0 Å². The quantitative estimate of drug-likeness (QED) is 0.641. The van der Waals surface area contributed by atoms with Crippen molar-refractivity contribution in [1.29, 1.82) is 0 Å². The topological polar surface area (TPSA) is 90.0 Å². The Morgan fingerprint density at radius 3 is 2.14 bits per heavy atom. The molecule has 154 valence electrons. The minimum atomic E-state index is -1.09. The first-order valence-electron chi connectivity index (χ1n) is 9.49. The van der Waals surface area contributed by atoms with Crippen LogP contribution in [-0.4, -0.2) is 53.5 Å². The molecule has 0 aliphatic heterocycles. The maximum absolute atomic E-state index is 13.0. The molecule has 2 aromatic carbocycles. The van der Waals surface area contributed by atoms with E-state index in [0.29, 0.717) is 6.54 Å². The Morgan fingerprint density at radius 2 is 1.59 bits per heavy atom. The van der Waals surface area contributed by atoms with E-state index in [-0.39, 0.29) is 31.4 Å². The monoisotopic (exact) mass is 397 g/mol. The summed E-state index contributed by atoms with van der Waals surface area (Å²) in [5.41, 5.74) is 1.91. The lowest BCUT2D eigenvalue weighted by molar-refractivity contribution is -0.148. The summed E-state index contributed by atoms with van der Waals surface area (Å²) in [6.45, 7) is 3.71. The third kappa shape index (κ3) is 6.95. The van der Waals surface area contributed by atoms with Crippen LogP contribution in [0.1, 0.15) is 19.4 Å². The Kier molecular flexibility index (Phi) is 8.21. The number of carboxylic acid groups (broad SMARTS) is 1. The molecule has 2 N–H and O–H groups in total. The largest absolute Gasteiger partial charge is 0.480 e.